The van der Waals surface area contributed by atoms with Crippen molar-refractivity contribution in [2.24, 2.45) is 5.92 Å². The number of nitrogens with zero attached hydrogens (tertiary/aromatic N) is 2. The van der Waals surface area contributed by atoms with Crippen LogP contribution in [0, 0.1) is 5.92 Å². The quantitative estimate of drug-likeness (QED) is 0.630. The van der Waals surface area contributed by atoms with Gasteiger partial charge in [0.15, 0.2) is 11.5 Å². The number of rotatable bonds is 3. The summed E-state index contributed by atoms with van der Waals surface area (Å²) in [5, 5.41) is 0. The number of hydrogen-bond donors (Lipinski definition) is 0. The Morgan fingerprint density at radius 3 is 2.38 bits per heavy atom. The minimum Gasteiger partial charge on any atom is -0.493 e. The number of carbonyl (C=O) groups excluding carboxylic acids is 2. The lowest BCUT2D eigenvalue weighted by Crippen LogP contribution is -2.48. The number of piperidine rings is 1. The van der Waals surface area contributed by atoms with Gasteiger partial charge in [-0.15, -0.1) is 0 Å². The molecule has 6 heteroatoms. The van der Waals surface area contributed by atoms with E-state index in [0.29, 0.717) is 24.6 Å². The Balaban J connectivity index is 1.61. The molecule has 1 atom stereocenters. The molecule has 0 bridgehead atoms. The number of hydrogen-bond acceptors (Lipinski definition) is 4. The number of benzene rings is 1. The van der Waals surface area contributed by atoms with Gasteiger partial charge in [0.2, 0.25) is 0 Å². The molecule has 6 nitrogen and oxygen atoms in total. The highest BCUT2D eigenvalue weighted by Crippen LogP contribution is 2.28. The van der Waals surface area contributed by atoms with Crippen molar-refractivity contribution in [1.82, 2.24) is 9.80 Å². The molecule has 2 fully saturated rings. The largest absolute Gasteiger partial charge is 0.493 e. The van der Waals surface area contributed by atoms with E-state index in [1.165, 1.54) is 0 Å². The number of likely N-dealkylation sites (tertiary alicyclic amines) is 2. The second kappa shape index (κ2) is 7.55. The Hall–Kier alpha value is -2.24. The van der Waals surface area contributed by atoms with Crippen molar-refractivity contribution < 1.29 is 19.1 Å². The van der Waals surface area contributed by atoms with Gasteiger partial charge in [0.25, 0.3) is 0 Å². The standard InChI is InChI=1S/C18H24N2O4/c1-23-15-8-2-3-9-16(15)24-17(21)14-7-6-12-20(13-14)18(22)19-10-4-5-11-19/h2-3,8-9,14H,4-7,10-13H2,1H3/t14-/m0/s1. The third kappa shape index (κ3) is 3.63. The van der Waals surface area contributed by atoms with Crippen molar-refractivity contribution >= 4 is 12.0 Å². The predicted octanol–water partition coefficient (Wildman–Crippen LogP) is 2.53. The van der Waals surface area contributed by atoms with Crippen LogP contribution in [0.4, 0.5) is 4.79 Å². The molecule has 0 saturated carbocycles. The highest BCUT2D eigenvalue weighted by molar-refractivity contribution is 5.79. The van der Waals surface area contributed by atoms with Crippen LogP contribution < -0.4 is 9.47 Å². The second-order valence-electron chi connectivity index (χ2n) is 6.33. The van der Waals surface area contributed by atoms with Gasteiger partial charge >= 0.3 is 12.0 Å². The molecular weight excluding hydrogens is 308 g/mol. The summed E-state index contributed by atoms with van der Waals surface area (Å²) in [5.74, 6) is 0.383. The Labute approximate surface area is 142 Å². The first-order valence-electron chi connectivity index (χ1n) is 8.57. The van der Waals surface area contributed by atoms with E-state index >= 15 is 0 Å². The highest BCUT2D eigenvalue weighted by atomic mass is 16.6. The minimum absolute atomic E-state index is 0.0577. The Bertz CT molecular complexity index is 598. The van der Waals surface area contributed by atoms with E-state index < -0.39 is 0 Å². The average Bonchev–Trinajstić information content (AvgIpc) is 3.16. The summed E-state index contributed by atoms with van der Waals surface area (Å²) in [7, 11) is 1.55. The highest BCUT2D eigenvalue weighted by Gasteiger charge is 2.32. The monoisotopic (exact) mass is 332 g/mol. The molecule has 0 radical (unpaired) electrons. The zero-order chi connectivity index (χ0) is 16.9. The average molecular weight is 332 g/mol. The normalized spacial score (nSPS) is 20.8. The van der Waals surface area contributed by atoms with Gasteiger partial charge in [-0.05, 0) is 37.8 Å². The Morgan fingerprint density at radius 1 is 1.00 bits per heavy atom. The lowest BCUT2D eigenvalue weighted by atomic mass is 9.98. The second-order valence-corrected chi connectivity index (χ2v) is 6.33. The summed E-state index contributed by atoms with van der Waals surface area (Å²) in [6, 6.07) is 7.16. The maximum Gasteiger partial charge on any atom is 0.320 e. The smallest absolute Gasteiger partial charge is 0.320 e. The van der Waals surface area contributed by atoms with Gasteiger partial charge in [-0.2, -0.15) is 0 Å². The molecule has 1 aromatic rings. The van der Waals surface area contributed by atoms with Crippen molar-refractivity contribution in [3.05, 3.63) is 24.3 Å². The van der Waals surface area contributed by atoms with Crippen molar-refractivity contribution in [2.45, 2.75) is 25.7 Å². The zero-order valence-electron chi connectivity index (χ0n) is 14.1. The van der Waals surface area contributed by atoms with Crippen LogP contribution in [-0.2, 0) is 4.79 Å². The summed E-state index contributed by atoms with van der Waals surface area (Å²) in [5.41, 5.74) is 0. The minimum atomic E-state index is -0.293. The molecule has 3 rings (SSSR count). The third-order valence-electron chi connectivity index (χ3n) is 4.68. The number of amides is 2. The van der Waals surface area contributed by atoms with Crippen molar-refractivity contribution in [3.8, 4) is 11.5 Å². The van der Waals surface area contributed by atoms with Crippen molar-refractivity contribution in [3.63, 3.8) is 0 Å². The fourth-order valence-corrected chi connectivity index (χ4v) is 3.35. The van der Waals surface area contributed by atoms with Crippen molar-refractivity contribution in [1.29, 1.82) is 0 Å². The van der Waals surface area contributed by atoms with Crippen LogP contribution >= 0.6 is 0 Å². The maximum atomic E-state index is 12.5. The first kappa shape index (κ1) is 16.6. The molecule has 2 aliphatic heterocycles. The summed E-state index contributed by atoms with van der Waals surface area (Å²) in [4.78, 5) is 28.7. The van der Waals surface area contributed by atoms with Crippen molar-refractivity contribution in [2.75, 3.05) is 33.3 Å². The molecule has 0 aromatic heterocycles. The molecule has 2 heterocycles. The van der Waals surface area contributed by atoms with Crippen LogP contribution in [0.25, 0.3) is 0 Å². The van der Waals surface area contributed by atoms with Crippen LogP contribution in [0.3, 0.4) is 0 Å². The summed E-state index contributed by atoms with van der Waals surface area (Å²) < 4.78 is 10.7. The van der Waals surface area contributed by atoms with Crippen LogP contribution in [0.15, 0.2) is 24.3 Å². The summed E-state index contributed by atoms with van der Waals surface area (Å²) in [6.07, 6.45) is 3.71. The third-order valence-corrected chi connectivity index (χ3v) is 4.68. The first-order valence-corrected chi connectivity index (χ1v) is 8.57. The van der Waals surface area contributed by atoms with E-state index in [4.69, 9.17) is 9.47 Å². The van der Waals surface area contributed by atoms with Crippen LogP contribution in [0.2, 0.25) is 0 Å². The molecule has 1 aromatic carbocycles. The number of ether oxygens (including phenoxy) is 2. The van der Waals surface area contributed by atoms with Gasteiger partial charge in [-0.25, -0.2) is 4.79 Å². The molecule has 0 N–H and O–H groups in total. The number of urea groups is 1. The maximum absolute atomic E-state index is 12.5. The lowest BCUT2D eigenvalue weighted by molar-refractivity contribution is -0.140. The van der Waals surface area contributed by atoms with E-state index in [0.717, 1.165) is 38.8 Å². The molecule has 24 heavy (non-hydrogen) atoms. The molecule has 0 unspecified atom stereocenters. The molecule has 0 spiro atoms. The molecule has 2 saturated heterocycles. The van der Waals surface area contributed by atoms with Crippen LogP contribution in [0.5, 0.6) is 11.5 Å². The van der Waals surface area contributed by atoms with E-state index in [1.807, 2.05) is 11.0 Å². The number of methoxy groups -OCH3 is 1. The molecule has 0 aliphatic carbocycles. The fraction of sp³-hybridized carbons (Fsp3) is 0.556. The van der Waals surface area contributed by atoms with Gasteiger partial charge < -0.3 is 19.3 Å². The number of carbonyl (C=O) groups is 2. The van der Waals surface area contributed by atoms with E-state index in [-0.39, 0.29) is 17.9 Å². The Morgan fingerprint density at radius 2 is 1.67 bits per heavy atom. The fourth-order valence-electron chi connectivity index (χ4n) is 3.35. The van der Waals surface area contributed by atoms with Crippen LogP contribution in [0.1, 0.15) is 25.7 Å². The molecule has 2 aliphatic rings. The van der Waals surface area contributed by atoms with E-state index in [2.05, 4.69) is 0 Å². The van der Waals surface area contributed by atoms with Gasteiger partial charge in [-0.3, -0.25) is 4.79 Å². The van der Waals surface area contributed by atoms with E-state index in [1.54, 1.807) is 30.2 Å². The molecular formula is C18H24N2O4. The van der Waals surface area contributed by atoms with Gasteiger partial charge in [0.1, 0.15) is 0 Å². The zero-order valence-corrected chi connectivity index (χ0v) is 14.1. The van der Waals surface area contributed by atoms with Gasteiger partial charge in [0.05, 0.1) is 13.0 Å². The van der Waals surface area contributed by atoms with Gasteiger partial charge in [-0.1, -0.05) is 12.1 Å². The molecule has 130 valence electrons. The van der Waals surface area contributed by atoms with E-state index in [9.17, 15) is 9.59 Å². The molecule has 2 amide bonds. The summed E-state index contributed by atoms with van der Waals surface area (Å²) >= 11 is 0. The number of esters is 1. The van der Waals surface area contributed by atoms with Gasteiger partial charge in [0, 0.05) is 26.2 Å². The van der Waals surface area contributed by atoms with Crippen LogP contribution in [-0.4, -0.2) is 55.1 Å². The lowest BCUT2D eigenvalue weighted by Gasteiger charge is -2.34. The SMILES string of the molecule is COc1ccccc1OC(=O)[C@H]1CCCN(C(=O)N2CCCC2)C1. The Kier molecular flexibility index (Phi) is 5.23. The topological polar surface area (TPSA) is 59.1 Å². The first-order chi connectivity index (χ1) is 11.7. The number of para-hydroxylation sites is 2. The predicted molar refractivity (Wildman–Crippen MR) is 89.1 cm³/mol. The summed E-state index contributed by atoms with van der Waals surface area (Å²) in [6.45, 7) is 2.80.